The Balaban J connectivity index is 1.40. The second kappa shape index (κ2) is 9.31. The van der Waals surface area contributed by atoms with Crippen LogP contribution < -0.4 is 10.6 Å². The number of benzene rings is 2. The average molecular weight is 468 g/mol. The van der Waals surface area contributed by atoms with Gasteiger partial charge < -0.3 is 9.15 Å². The van der Waals surface area contributed by atoms with Crippen LogP contribution in [0.3, 0.4) is 0 Å². The number of ether oxygens (including phenoxy) is 1. The van der Waals surface area contributed by atoms with E-state index in [9.17, 15) is 18.0 Å². The second-order valence-electron chi connectivity index (χ2n) is 7.24. The minimum Gasteiger partial charge on any atom is -0.444 e. The Morgan fingerprint density at radius 1 is 1.06 bits per heavy atom. The largest absolute Gasteiger partial charge is 0.444 e. The van der Waals surface area contributed by atoms with Crippen LogP contribution in [0.4, 0.5) is 16.4 Å². The first-order valence-electron chi connectivity index (χ1n) is 9.98. The normalized spacial score (nSPS) is 13.2. The summed E-state index contributed by atoms with van der Waals surface area (Å²) in [6.07, 6.45) is 0.422. The fraction of sp³-hybridized carbons (Fsp3) is 0.130. The topological polar surface area (TPSA) is 118 Å². The molecule has 0 saturated carbocycles. The third-order valence-corrected chi connectivity index (χ3v) is 6.71. The third-order valence-electron chi connectivity index (χ3n) is 4.93. The van der Waals surface area contributed by atoms with Crippen LogP contribution in [-0.2, 0) is 39.3 Å². The highest BCUT2D eigenvalue weighted by Crippen LogP contribution is 2.33. The van der Waals surface area contributed by atoms with Crippen molar-refractivity contribution in [3.05, 3.63) is 90.2 Å². The molecule has 10 heteroatoms. The number of carbonyl (C=O) groups excluding carboxylic acids is 2. The first-order valence-corrected chi connectivity index (χ1v) is 11.4. The predicted octanol–water partition coefficient (Wildman–Crippen LogP) is 3.86. The molecular weight excluding hydrogens is 446 g/mol. The molecule has 0 saturated heterocycles. The lowest BCUT2D eigenvalue weighted by molar-refractivity contribution is -0.112. The molecule has 0 unspecified atom stereocenters. The zero-order valence-electron chi connectivity index (χ0n) is 17.5. The lowest BCUT2D eigenvalue weighted by Crippen LogP contribution is -2.26. The quantitative estimate of drug-likeness (QED) is 0.510. The molecule has 9 nitrogen and oxygen atoms in total. The summed E-state index contributed by atoms with van der Waals surface area (Å²) in [4.78, 5) is 23.5. The van der Waals surface area contributed by atoms with Crippen molar-refractivity contribution in [1.82, 2.24) is 4.31 Å². The van der Waals surface area contributed by atoms with Crippen molar-refractivity contribution in [3.8, 4) is 0 Å². The van der Waals surface area contributed by atoms with Gasteiger partial charge in [-0.15, -0.1) is 0 Å². The highest BCUT2D eigenvalue weighted by Gasteiger charge is 2.33. The molecular formula is C23H21N3O6S. The highest BCUT2D eigenvalue weighted by molar-refractivity contribution is 7.89. The maximum atomic E-state index is 13.1. The first kappa shape index (κ1) is 22.3. The van der Waals surface area contributed by atoms with Gasteiger partial charge in [-0.2, -0.15) is 4.31 Å². The van der Waals surface area contributed by atoms with E-state index in [1.54, 1.807) is 12.1 Å². The number of hydrogen-bond acceptors (Lipinski definition) is 6. The Labute approximate surface area is 190 Å². The lowest BCUT2D eigenvalue weighted by Gasteiger charge is -2.16. The number of hydrogen-bond donors (Lipinski definition) is 2. The van der Waals surface area contributed by atoms with Crippen LogP contribution in [0.1, 0.15) is 16.9 Å². The molecule has 2 amide bonds. The van der Waals surface area contributed by atoms with Gasteiger partial charge in [-0.05, 0) is 29.8 Å². The van der Waals surface area contributed by atoms with Crippen LogP contribution >= 0.6 is 0 Å². The zero-order chi connectivity index (χ0) is 23.4. The van der Waals surface area contributed by atoms with E-state index in [-0.39, 0.29) is 30.5 Å². The molecule has 0 bridgehead atoms. The molecule has 1 aromatic heterocycles. The summed E-state index contributed by atoms with van der Waals surface area (Å²) in [7, 11) is -3.85. The number of furan rings is 1. The van der Waals surface area contributed by atoms with Gasteiger partial charge in [0.15, 0.2) is 5.88 Å². The van der Waals surface area contributed by atoms with Crippen molar-refractivity contribution in [2.24, 2.45) is 0 Å². The Morgan fingerprint density at radius 3 is 2.58 bits per heavy atom. The zero-order valence-corrected chi connectivity index (χ0v) is 18.3. The van der Waals surface area contributed by atoms with Gasteiger partial charge in [0.2, 0.25) is 15.9 Å². The van der Waals surface area contributed by atoms with Crippen LogP contribution in [0.2, 0.25) is 0 Å². The minimum absolute atomic E-state index is 0.0219. The molecule has 1 aliphatic heterocycles. The van der Waals surface area contributed by atoms with Gasteiger partial charge in [0.1, 0.15) is 12.4 Å². The maximum Gasteiger partial charge on any atom is 0.411 e. The molecule has 1 aliphatic rings. The maximum absolute atomic E-state index is 13.1. The van der Waals surface area contributed by atoms with Crippen LogP contribution in [0.15, 0.2) is 82.6 Å². The van der Waals surface area contributed by atoms with E-state index < -0.39 is 22.0 Å². The van der Waals surface area contributed by atoms with Gasteiger partial charge >= 0.3 is 6.09 Å². The van der Waals surface area contributed by atoms with Gasteiger partial charge in [-0.1, -0.05) is 43.0 Å². The molecule has 0 fully saturated rings. The number of sulfonamides is 1. The Kier molecular flexibility index (Phi) is 6.29. The molecule has 2 heterocycles. The van der Waals surface area contributed by atoms with Crippen LogP contribution in [0.25, 0.3) is 0 Å². The van der Waals surface area contributed by atoms with Gasteiger partial charge in [0.05, 0.1) is 11.4 Å². The van der Waals surface area contributed by atoms with Gasteiger partial charge in [-0.3, -0.25) is 15.4 Å². The van der Waals surface area contributed by atoms with E-state index in [0.717, 1.165) is 11.6 Å². The first-order chi connectivity index (χ1) is 15.8. The number of anilines is 2. The molecule has 33 heavy (non-hydrogen) atoms. The van der Waals surface area contributed by atoms with Gasteiger partial charge in [0.25, 0.3) is 0 Å². The summed E-state index contributed by atoms with van der Waals surface area (Å²) >= 11 is 0. The van der Waals surface area contributed by atoms with Crippen molar-refractivity contribution in [3.63, 3.8) is 0 Å². The molecule has 0 spiro atoms. The van der Waals surface area contributed by atoms with Crippen molar-refractivity contribution in [1.29, 1.82) is 0 Å². The number of fused-ring (bicyclic) bond motifs is 1. The average Bonchev–Trinajstić information content (AvgIpc) is 3.38. The van der Waals surface area contributed by atoms with Crippen molar-refractivity contribution >= 4 is 33.6 Å². The summed E-state index contributed by atoms with van der Waals surface area (Å²) in [5.41, 5.74) is 1.79. The standard InChI is InChI=1S/C23H21N3O6S/c1-2-21(27)25-22-11-17-13-26(14-20(17)32-22)33(29,30)19-10-6-9-18(12-19)24-23(28)31-15-16-7-4-3-5-8-16/h2-12H,1,13-15H2,(H,24,28)(H,25,27). The summed E-state index contributed by atoms with van der Waals surface area (Å²) in [5, 5.41) is 5.06. The Morgan fingerprint density at radius 2 is 1.85 bits per heavy atom. The number of nitrogens with zero attached hydrogens (tertiary/aromatic N) is 1. The lowest BCUT2D eigenvalue weighted by atomic mass is 10.2. The van der Waals surface area contributed by atoms with Gasteiger partial charge in [0, 0.05) is 23.9 Å². The van der Waals surface area contributed by atoms with Crippen molar-refractivity contribution in [2.75, 3.05) is 10.6 Å². The van der Waals surface area contributed by atoms with Crippen LogP contribution in [0, 0.1) is 0 Å². The summed E-state index contributed by atoms with van der Waals surface area (Å²) < 4.78 is 38.2. The molecule has 0 aliphatic carbocycles. The van der Waals surface area contributed by atoms with E-state index in [4.69, 9.17) is 9.15 Å². The van der Waals surface area contributed by atoms with Crippen molar-refractivity contribution < 1.29 is 27.2 Å². The minimum atomic E-state index is -3.85. The summed E-state index contributed by atoms with van der Waals surface area (Å²) in [6.45, 7) is 3.59. The molecule has 0 atom stereocenters. The van der Waals surface area contributed by atoms with Crippen LogP contribution in [0.5, 0.6) is 0 Å². The van der Waals surface area contributed by atoms with E-state index in [1.165, 1.54) is 22.5 Å². The fourth-order valence-electron chi connectivity index (χ4n) is 3.30. The summed E-state index contributed by atoms with van der Waals surface area (Å²) in [5.74, 6) is 0.275. The monoisotopic (exact) mass is 467 g/mol. The molecule has 2 aromatic carbocycles. The molecule has 2 N–H and O–H groups in total. The molecule has 3 aromatic rings. The predicted molar refractivity (Wildman–Crippen MR) is 121 cm³/mol. The van der Waals surface area contributed by atoms with E-state index in [1.807, 2.05) is 30.3 Å². The highest BCUT2D eigenvalue weighted by atomic mass is 32.2. The molecule has 4 rings (SSSR count). The number of rotatable bonds is 7. The van der Waals surface area contributed by atoms with E-state index in [0.29, 0.717) is 17.0 Å². The SMILES string of the molecule is C=CC(=O)Nc1cc2c(o1)CN(S(=O)(=O)c1cccc(NC(=O)OCc3ccccc3)c1)C2. The Hall–Kier alpha value is -3.89. The second-order valence-corrected chi connectivity index (χ2v) is 9.18. The van der Waals surface area contributed by atoms with Crippen molar-refractivity contribution in [2.45, 2.75) is 24.6 Å². The summed E-state index contributed by atoms with van der Waals surface area (Å²) in [6, 6.07) is 16.7. The smallest absolute Gasteiger partial charge is 0.411 e. The molecule has 170 valence electrons. The van der Waals surface area contributed by atoms with Gasteiger partial charge in [-0.25, -0.2) is 13.2 Å². The Bertz CT molecular complexity index is 1280. The third kappa shape index (κ3) is 5.13. The van der Waals surface area contributed by atoms with E-state index in [2.05, 4.69) is 17.2 Å². The number of amides is 2. The molecule has 0 radical (unpaired) electrons. The van der Waals surface area contributed by atoms with Crippen LogP contribution in [-0.4, -0.2) is 24.7 Å². The number of nitrogens with one attached hydrogen (secondary N) is 2. The number of carbonyl (C=O) groups is 2. The fourth-order valence-corrected chi connectivity index (χ4v) is 4.73. The van der Waals surface area contributed by atoms with E-state index >= 15 is 0 Å².